The SMILES string of the molecule is NC(=O)C1CCCCN1c1nc(Cl)c(C(=O)O)s1. The molecule has 3 N–H and O–H groups in total. The zero-order valence-electron chi connectivity index (χ0n) is 9.43. The molecule has 1 aromatic rings. The average Bonchev–Trinajstić information content (AvgIpc) is 2.71. The fraction of sp³-hybridized carbons (Fsp3) is 0.500. The highest BCUT2D eigenvalue weighted by Crippen LogP contribution is 2.33. The van der Waals surface area contributed by atoms with Crippen molar-refractivity contribution in [1.82, 2.24) is 4.98 Å². The monoisotopic (exact) mass is 289 g/mol. The molecule has 1 atom stereocenters. The number of anilines is 1. The Balaban J connectivity index is 2.31. The number of piperidine rings is 1. The lowest BCUT2D eigenvalue weighted by atomic mass is 10.0. The summed E-state index contributed by atoms with van der Waals surface area (Å²) < 4.78 is 0. The van der Waals surface area contributed by atoms with Crippen molar-refractivity contribution in [2.45, 2.75) is 25.3 Å². The third kappa shape index (κ3) is 2.41. The molecule has 1 aliphatic heterocycles. The maximum atomic E-state index is 11.4. The van der Waals surface area contributed by atoms with Crippen molar-refractivity contribution in [3.05, 3.63) is 10.0 Å². The van der Waals surface area contributed by atoms with Gasteiger partial charge >= 0.3 is 5.97 Å². The largest absolute Gasteiger partial charge is 0.477 e. The number of halogens is 1. The number of aromatic nitrogens is 1. The van der Waals surface area contributed by atoms with Crippen LogP contribution in [0.1, 0.15) is 28.9 Å². The smallest absolute Gasteiger partial charge is 0.349 e. The molecule has 18 heavy (non-hydrogen) atoms. The van der Waals surface area contributed by atoms with Crippen LogP contribution in [0.25, 0.3) is 0 Å². The first-order chi connectivity index (χ1) is 8.50. The Morgan fingerprint density at radius 1 is 1.50 bits per heavy atom. The Hall–Kier alpha value is -1.34. The number of carboxylic acids is 1. The van der Waals surface area contributed by atoms with Gasteiger partial charge in [-0.25, -0.2) is 9.78 Å². The number of hydrogen-bond acceptors (Lipinski definition) is 5. The van der Waals surface area contributed by atoms with Crippen LogP contribution in [0.4, 0.5) is 5.13 Å². The minimum atomic E-state index is -1.11. The number of carbonyl (C=O) groups excluding carboxylic acids is 1. The summed E-state index contributed by atoms with van der Waals surface area (Å²) in [5.74, 6) is -1.53. The predicted molar refractivity (Wildman–Crippen MR) is 68.3 cm³/mol. The summed E-state index contributed by atoms with van der Waals surface area (Å²) in [7, 11) is 0. The van der Waals surface area contributed by atoms with E-state index in [1.165, 1.54) is 0 Å². The molecule has 1 aromatic heterocycles. The van der Waals surface area contributed by atoms with Crippen molar-refractivity contribution < 1.29 is 14.7 Å². The lowest BCUT2D eigenvalue weighted by molar-refractivity contribution is -0.119. The van der Waals surface area contributed by atoms with Crippen molar-refractivity contribution in [3.63, 3.8) is 0 Å². The van der Waals surface area contributed by atoms with E-state index in [1.54, 1.807) is 4.90 Å². The zero-order chi connectivity index (χ0) is 13.3. The van der Waals surface area contributed by atoms with Crippen LogP contribution in [0.15, 0.2) is 0 Å². The second-order valence-corrected chi connectivity index (χ2v) is 5.36. The summed E-state index contributed by atoms with van der Waals surface area (Å²) >= 11 is 6.73. The standard InChI is InChI=1S/C10H12ClN3O3S/c11-7-6(9(16)17)18-10(13-7)14-4-2-1-3-5(14)8(12)15/h5H,1-4H2,(H2,12,15)(H,16,17). The number of rotatable bonds is 3. The molecule has 1 aliphatic rings. The van der Waals surface area contributed by atoms with Crippen LogP contribution in [0, 0.1) is 0 Å². The molecule has 2 rings (SSSR count). The van der Waals surface area contributed by atoms with Gasteiger partial charge in [0.25, 0.3) is 0 Å². The van der Waals surface area contributed by atoms with Gasteiger partial charge in [-0.05, 0) is 19.3 Å². The molecule has 0 saturated carbocycles. The number of nitrogens with zero attached hydrogens (tertiary/aromatic N) is 2. The Morgan fingerprint density at radius 2 is 2.22 bits per heavy atom. The highest BCUT2D eigenvalue weighted by atomic mass is 35.5. The molecule has 0 aliphatic carbocycles. The van der Waals surface area contributed by atoms with Crippen molar-refractivity contribution >= 4 is 39.9 Å². The van der Waals surface area contributed by atoms with Gasteiger partial charge in [0.1, 0.15) is 6.04 Å². The van der Waals surface area contributed by atoms with Gasteiger partial charge in [0, 0.05) is 6.54 Å². The molecular weight excluding hydrogens is 278 g/mol. The maximum absolute atomic E-state index is 11.4. The van der Waals surface area contributed by atoms with E-state index in [-0.39, 0.29) is 10.0 Å². The zero-order valence-corrected chi connectivity index (χ0v) is 11.0. The van der Waals surface area contributed by atoms with Crippen LogP contribution in [-0.2, 0) is 4.79 Å². The van der Waals surface area contributed by atoms with E-state index in [0.29, 0.717) is 18.1 Å². The van der Waals surface area contributed by atoms with Gasteiger partial charge in [-0.2, -0.15) is 0 Å². The third-order valence-corrected chi connectivity index (χ3v) is 4.31. The van der Waals surface area contributed by atoms with E-state index in [0.717, 1.165) is 24.2 Å². The first-order valence-corrected chi connectivity index (χ1v) is 6.65. The lowest BCUT2D eigenvalue weighted by Crippen LogP contribution is -2.47. The fourth-order valence-corrected chi connectivity index (χ4v) is 3.20. The first kappa shape index (κ1) is 13.1. The number of amides is 1. The molecule has 1 amide bonds. The minimum absolute atomic E-state index is 0.0135. The second kappa shape index (κ2) is 5.11. The van der Waals surface area contributed by atoms with Crippen LogP contribution >= 0.6 is 22.9 Å². The van der Waals surface area contributed by atoms with Gasteiger partial charge in [0.05, 0.1) is 0 Å². The molecule has 8 heteroatoms. The average molecular weight is 290 g/mol. The molecule has 0 aromatic carbocycles. The molecule has 6 nitrogen and oxygen atoms in total. The van der Waals surface area contributed by atoms with Crippen LogP contribution < -0.4 is 10.6 Å². The van der Waals surface area contributed by atoms with Crippen molar-refractivity contribution in [1.29, 1.82) is 0 Å². The van der Waals surface area contributed by atoms with E-state index < -0.39 is 17.9 Å². The van der Waals surface area contributed by atoms with Gasteiger partial charge in [0.15, 0.2) is 15.2 Å². The van der Waals surface area contributed by atoms with Crippen LogP contribution in [0.3, 0.4) is 0 Å². The number of primary amides is 1. The number of thiazole rings is 1. The molecule has 1 unspecified atom stereocenters. The topological polar surface area (TPSA) is 96.5 Å². The molecule has 2 heterocycles. The number of nitrogens with two attached hydrogens (primary N) is 1. The Bertz CT molecular complexity index is 491. The van der Waals surface area contributed by atoms with Crippen LogP contribution in [0.5, 0.6) is 0 Å². The van der Waals surface area contributed by atoms with Crippen molar-refractivity contribution in [2.75, 3.05) is 11.4 Å². The second-order valence-electron chi connectivity index (χ2n) is 4.03. The number of hydrogen-bond donors (Lipinski definition) is 2. The molecule has 0 radical (unpaired) electrons. The Kier molecular flexibility index (Phi) is 3.72. The maximum Gasteiger partial charge on any atom is 0.349 e. The summed E-state index contributed by atoms with van der Waals surface area (Å²) in [5.41, 5.74) is 5.35. The number of aromatic carboxylic acids is 1. The summed E-state index contributed by atoms with van der Waals surface area (Å²) in [6.07, 6.45) is 2.51. The summed E-state index contributed by atoms with van der Waals surface area (Å²) in [6, 6.07) is -0.428. The fourth-order valence-electron chi connectivity index (χ4n) is 2.00. The Labute approximate surface area is 112 Å². The molecular formula is C10H12ClN3O3S. The van der Waals surface area contributed by atoms with Gasteiger partial charge in [0.2, 0.25) is 5.91 Å². The molecule has 1 fully saturated rings. The van der Waals surface area contributed by atoms with E-state index in [4.69, 9.17) is 22.4 Å². The highest BCUT2D eigenvalue weighted by Gasteiger charge is 2.30. The van der Waals surface area contributed by atoms with Crippen LogP contribution in [-0.4, -0.2) is 34.6 Å². The highest BCUT2D eigenvalue weighted by molar-refractivity contribution is 7.18. The first-order valence-electron chi connectivity index (χ1n) is 5.46. The van der Waals surface area contributed by atoms with Gasteiger partial charge < -0.3 is 15.7 Å². The van der Waals surface area contributed by atoms with E-state index in [2.05, 4.69) is 4.98 Å². The summed E-state index contributed by atoms with van der Waals surface area (Å²) in [6.45, 7) is 0.635. The lowest BCUT2D eigenvalue weighted by Gasteiger charge is -2.33. The molecule has 1 saturated heterocycles. The normalized spacial score (nSPS) is 19.8. The van der Waals surface area contributed by atoms with Gasteiger partial charge in [-0.3, -0.25) is 4.79 Å². The number of carbonyl (C=O) groups is 2. The molecule has 0 bridgehead atoms. The molecule has 98 valence electrons. The van der Waals surface area contributed by atoms with E-state index in [9.17, 15) is 9.59 Å². The van der Waals surface area contributed by atoms with E-state index in [1.807, 2.05) is 0 Å². The van der Waals surface area contributed by atoms with E-state index >= 15 is 0 Å². The number of carboxylic acid groups (broad SMARTS) is 1. The third-order valence-electron chi connectivity index (χ3n) is 2.85. The van der Waals surface area contributed by atoms with Crippen LogP contribution in [0.2, 0.25) is 5.15 Å². The summed E-state index contributed by atoms with van der Waals surface area (Å²) in [5, 5.41) is 9.33. The molecule has 0 spiro atoms. The quantitative estimate of drug-likeness (QED) is 0.875. The van der Waals surface area contributed by atoms with Gasteiger partial charge in [-0.1, -0.05) is 22.9 Å². The minimum Gasteiger partial charge on any atom is -0.477 e. The van der Waals surface area contributed by atoms with Gasteiger partial charge in [-0.15, -0.1) is 0 Å². The van der Waals surface area contributed by atoms with Crippen molar-refractivity contribution in [2.24, 2.45) is 5.73 Å². The van der Waals surface area contributed by atoms with Crippen molar-refractivity contribution in [3.8, 4) is 0 Å². The Morgan fingerprint density at radius 3 is 2.78 bits per heavy atom. The summed E-state index contributed by atoms with van der Waals surface area (Å²) in [4.78, 5) is 28.0. The predicted octanol–water partition coefficient (Wildman–Crippen LogP) is 1.34.